The highest BCUT2D eigenvalue weighted by Gasteiger charge is 2.31. The number of H-pyrrole nitrogens is 1. The van der Waals surface area contributed by atoms with Gasteiger partial charge in [0.1, 0.15) is 11.4 Å². The summed E-state index contributed by atoms with van der Waals surface area (Å²) in [6.45, 7) is 2.65. The van der Waals surface area contributed by atoms with Crippen LogP contribution in [0.15, 0.2) is 30.5 Å². The molecule has 176 valence electrons. The maximum absolute atomic E-state index is 14.4. The second kappa shape index (κ2) is 9.73. The number of benzene rings is 1. The number of carbonyl (C=O) groups excluding carboxylic acids is 1. The molecule has 0 aliphatic carbocycles. The summed E-state index contributed by atoms with van der Waals surface area (Å²) in [6, 6.07) is 5.81. The summed E-state index contributed by atoms with van der Waals surface area (Å²) in [4.78, 5) is 26.3. The van der Waals surface area contributed by atoms with Crippen LogP contribution in [0.4, 0.5) is 23.5 Å². The van der Waals surface area contributed by atoms with Gasteiger partial charge in [0.25, 0.3) is 5.91 Å². The number of aromatic nitrogens is 3. The Morgan fingerprint density at radius 2 is 2.06 bits per heavy atom. The minimum absolute atomic E-state index is 0.0574. The van der Waals surface area contributed by atoms with Gasteiger partial charge in [-0.05, 0) is 37.1 Å². The molecule has 0 aliphatic rings. The molecule has 3 rings (SSSR count). The van der Waals surface area contributed by atoms with Crippen LogP contribution in [0.25, 0.3) is 11.3 Å². The van der Waals surface area contributed by atoms with Gasteiger partial charge in [0.15, 0.2) is 5.82 Å². The highest BCUT2D eigenvalue weighted by atomic mass is 35.5. The van der Waals surface area contributed by atoms with E-state index in [0.29, 0.717) is 22.5 Å². The van der Waals surface area contributed by atoms with E-state index in [1.807, 2.05) is 0 Å². The second-order valence-corrected chi connectivity index (χ2v) is 7.37. The van der Waals surface area contributed by atoms with E-state index in [9.17, 15) is 27.5 Å². The van der Waals surface area contributed by atoms with Crippen LogP contribution >= 0.6 is 11.6 Å². The predicted molar refractivity (Wildman–Crippen MR) is 111 cm³/mol. The van der Waals surface area contributed by atoms with Gasteiger partial charge < -0.3 is 15.4 Å². The molecular weight excluding hydrogens is 470 g/mol. The van der Waals surface area contributed by atoms with Crippen LogP contribution in [0.5, 0.6) is 0 Å². The number of aliphatic hydroxyl groups excluding tert-OH is 1. The van der Waals surface area contributed by atoms with Crippen molar-refractivity contribution in [1.29, 1.82) is 0 Å². The number of aliphatic hydroxyl groups is 1. The van der Waals surface area contributed by atoms with Gasteiger partial charge in [0.05, 0.1) is 18.8 Å². The molecule has 0 radical (unpaired) electrons. The number of nitrogens with one attached hydrogen (secondary N) is 3. The number of hydrogen-bond acceptors (Lipinski definition) is 6. The lowest BCUT2D eigenvalue weighted by Crippen LogP contribution is -2.31. The first-order chi connectivity index (χ1) is 15.5. The molecule has 2 heterocycles. The predicted octanol–water partition coefficient (Wildman–Crippen LogP) is 4.21. The van der Waals surface area contributed by atoms with E-state index in [4.69, 9.17) is 11.6 Å². The highest BCUT2D eigenvalue weighted by molar-refractivity contribution is 6.30. The van der Waals surface area contributed by atoms with Crippen LogP contribution in [0.3, 0.4) is 0 Å². The quantitative estimate of drug-likeness (QED) is 0.293. The van der Waals surface area contributed by atoms with Crippen molar-refractivity contribution < 1.29 is 32.3 Å². The largest absolute Gasteiger partial charge is 0.543 e. The third-order valence-electron chi connectivity index (χ3n) is 4.64. The van der Waals surface area contributed by atoms with Gasteiger partial charge in [-0.3, -0.25) is 4.79 Å². The first-order valence-corrected chi connectivity index (χ1v) is 9.78. The number of rotatable bonds is 7. The lowest BCUT2D eigenvalue weighted by Gasteiger charge is -2.17. The maximum atomic E-state index is 14.4. The monoisotopic (exact) mass is 487 g/mol. The van der Waals surface area contributed by atoms with Gasteiger partial charge in [-0.2, -0.15) is 4.84 Å². The zero-order valence-electron chi connectivity index (χ0n) is 17.2. The zero-order valence-corrected chi connectivity index (χ0v) is 18.0. The molecule has 33 heavy (non-hydrogen) atoms. The SMILES string of the molecule is Cc1[nH]c(C(=O)N[C@H](CO)c2cccc(Cl)c2)c(C)c1-c1nc(NOC(F)(F)F)ncc1F. The van der Waals surface area contributed by atoms with E-state index in [0.717, 1.165) is 0 Å². The molecule has 0 unspecified atom stereocenters. The molecular formula is C20H18ClF4N5O3. The van der Waals surface area contributed by atoms with Crippen molar-refractivity contribution in [3.8, 4) is 11.3 Å². The fourth-order valence-electron chi connectivity index (χ4n) is 3.22. The first kappa shape index (κ1) is 24.4. The Kier molecular flexibility index (Phi) is 7.20. The summed E-state index contributed by atoms with van der Waals surface area (Å²) >= 11 is 5.97. The fraction of sp³-hybridized carbons (Fsp3) is 0.250. The van der Waals surface area contributed by atoms with Crippen LogP contribution in [-0.2, 0) is 4.84 Å². The topological polar surface area (TPSA) is 112 Å². The van der Waals surface area contributed by atoms with Crippen molar-refractivity contribution in [2.45, 2.75) is 26.3 Å². The number of carbonyl (C=O) groups is 1. The summed E-state index contributed by atoms with van der Waals surface area (Å²) in [5.41, 5.74) is 2.58. The van der Waals surface area contributed by atoms with Gasteiger partial charge in [-0.1, -0.05) is 23.7 Å². The number of hydrogen-bond donors (Lipinski definition) is 4. The number of alkyl halides is 3. The van der Waals surface area contributed by atoms with Gasteiger partial charge in [0.2, 0.25) is 5.95 Å². The van der Waals surface area contributed by atoms with Crippen molar-refractivity contribution in [2.75, 3.05) is 12.1 Å². The molecule has 1 amide bonds. The molecule has 0 aliphatic heterocycles. The number of nitrogens with zero attached hydrogens (tertiary/aromatic N) is 2. The summed E-state index contributed by atoms with van der Waals surface area (Å²) < 4.78 is 51.2. The third kappa shape index (κ3) is 5.78. The number of halogens is 5. The minimum Gasteiger partial charge on any atom is -0.394 e. The molecule has 8 nitrogen and oxygen atoms in total. The average Bonchev–Trinajstić information content (AvgIpc) is 3.04. The lowest BCUT2D eigenvalue weighted by atomic mass is 10.0. The van der Waals surface area contributed by atoms with Gasteiger partial charge in [-0.25, -0.2) is 19.8 Å². The number of anilines is 1. The van der Waals surface area contributed by atoms with Crippen molar-refractivity contribution in [3.63, 3.8) is 0 Å². The Morgan fingerprint density at radius 1 is 1.33 bits per heavy atom. The van der Waals surface area contributed by atoms with Crippen molar-refractivity contribution in [2.24, 2.45) is 0 Å². The molecule has 4 N–H and O–H groups in total. The van der Waals surface area contributed by atoms with Crippen molar-refractivity contribution in [3.05, 3.63) is 63.8 Å². The first-order valence-electron chi connectivity index (χ1n) is 9.40. The van der Waals surface area contributed by atoms with Crippen molar-refractivity contribution >= 4 is 23.5 Å². The van der Waals surface area contributed by atoms with Crippen LogP contribution in [0.2, 0.25) is 5.02 Å². The summed E-state index contributed by atoms with van der Waals surface area (Å²) in [7, 11) is 0. The Balaban J connectivity index is 1.90. The Labute approximate surface area is 189 Å². The van der Waals surface area contributed by atoms with Crippen LogP contribution in [0, 0.1) is 19.7 Å². The molecule has 0 saturated heterocycles. The smallest absolute Gasteiger partial charge is 0.394 e. The summed E-state index contributed by atoms with van der Waals surface area (Å²) in [6.07, 6.45) is -4.33. The van der Waals surface area contributed by atoms with E-state index in [-0.39, 0.29) is 22.5 Å². The molecule has 0 spiro atoms. The Bertz CT molecular complexity index is 1170. The summed E-state index contributed by atoms with van der Waals surface area (Å²) in [5, 5.41) is 12.8. The Morgan fingerprint density at radius 3 is 2.70 bits per heavy atom. The fourth-order valence-corrected chi connectivity index (χ4v) is 3.41. The van der Waals surface area contributed by atoms with E-state index in [1.165, 1.54) is 12.4 Å². The number of aromatic amines is 1. The van der Waals surface area contributed by atoms with Crippen LogP contribution in [0.1, 0.15) is 33.4 Å². The third-order valence-corrected chi connectivity index (χ3v) is 4.88. The number of amides is 1. The molecule has 3 aromatic rings. The molecule has 13 heteroatoms. The molecule has 1 atom stereocenters. The van der Waals surface area contributed by atoms with E-state index >= 15 is 0 Å². The van der Waals surface area contributed by atoms with E-state index in [1.54, 1.807) is 31.2 Å². The molecule has 2 aromatic heterocycles. The maximum Gasteiger partial charge on any atom is 0.543 e. The molecule has 0 bridgehead atoms. The normalized spacial score (nSPS) is 12.5. The molecule has 0 fully saturated rings. The van der Waals surface area contributed by atoms with E-state index in [2.05, 4.69) is 25.1 Å². The highest BCUT2D eigenvalue weighted by Crippen LogP contribution is 2.31. The second-order valence-electron chi connectivity index (χ2n) is 6.93. The minimum atomic E-state index is -5.00. The van der Waals surface area contributed by atoms with Gasteiger partial charge in [-0.15, -0.1) is 13.2 Å². The van der Waals surface area contributed by atoms with Gasteiger partial charge in [0, 0.05) is 16.3 Å². The number of aryl methyl sites for hydroxylation is 1. The zero-order chi connectivity index (χ0) is 24.3. The standard InChI is InChI=1S/C20H18ClF4N5O3/c1-9-15(17-13(22)7-26-19(29-17)30-33-20(23,24)25)10(2)27-16(9)18(32)28-14(8-31)11-4-3-5-12(21)6-11/h3-7,14,27,31H,8H2,1-2H3,(H,28,32)(H,26,29,30)/t14-/m1/s1. The molecule has 1 aromatic carbocycles. The van der Waals surface area contributed by atoms with E-state index < -0.39 is 36.7 Å². The van der Waals surface area contributed by atoms with Crippen LogP contribution < -0.4 is 10.8 Å². The average molecular weight is 488 g/mol. The Hall–Kier alpha value is -3.22. The van der Waals surface area contributed by atoms with Crippen LogP contribution in [-0.4, -0.2) is 38.9 Å². The molecule has 0 saturated carbocycles. The lowest BCUT2D eigenvalue weighted by molar-refractivity contribution is -0.312. The van der Waals surface area contributed by atoms with Gasteiger partial charge >= 0.3 is 6.36 Å². The summed E-state index contributed by atoms with van der Waals surface area (Å²) in [5.74, 6) is -2.15. The van der Waals surface area contributed by atoms with Crippen molar-refractivity contribution in [1.82, 2.24) is 20.3 Å².